The molecule has 0 aliphatic heterocycles. The first kappa shape index (κ1) is 15.8. The van der Waals surface area contributed by atoms with Crippen molar-refractivity contribution in [2.24, 2.45) is 5.73 Å². The summed E-state index contributed by atoms with van der Waals surface area (Å²) in [6.07, 6.45) is -3.11. The largest absolute Gasteiger partial charge is 0.390 e. The molecule has 2 nitrogen and oxygen atoms in total. The van der Waals surface area contributed by atoms with E-state index in [2.05, 4.69) is 4.98 Å². The summed E-state index contributed by atoms with van der Waals surface area (Å²) >= 11 is 11.3. The third kappa shape index (κ3) is 4.33. The van der Waals surface area contributed by atoms with Crippen LogP contribution in [0.25, 0.3) is 0 Å². The molecule has 0 saturated heterocycles. The molecule has 0 fully saturated rings. The van der Waals surface area contributed by atoms with Crippen molar-refractivity contribution in [3.63, 3.8) is 0 Å². The van der Waals surface area contributed by atoms with E-state index in [9.17, 15) is 13.2 Å². The lowest BCUT2D eigenvalue weighted by Gasteiger charge is -2.16. The van der Waals surface area contributed by atoms with Crippen LogP contribution in [0.3, 0.4) is 0 Å². The molecule has 1 rings (SSSR count). The second kappa shape index (κ2) is 5.91. The molecular weight excluding hydrogens is 287 g/mol. The summed E-state index contributed by atoms with van der Waals surface area (Å²) in [5.41, 5.74) is 5.44. The minimum atomic E-state index is -4.35. The number of hydrogen-bond acceptors (Lipinski definition) is 2. The van der Waals surface area contributed by atoms with Crippen molar-refractivity contribution in [2.75, 3.05) is 0 Å². The zero-order chi connectivity index (χ0) is 11.6. The Hall–Kier alpha value is -0.230. The maximum atomic E-state index is 12.1. The van der Waals surface area contributed by atoms with Gasteiger partial charge in [-0.2, -0.15) is 13.2 Å². The van der Waals surface area contributed by atoms with Crippen LogP contribution in [0.15, 0.2) is 12.4 Å². The monoisotopic (exact) mass is 294 g/mol. The molecule has 1 heterocycles. The van der Waals surface area contributed by atoms with E-state index in [0.717, 1.165) is 0 Å². The molecule has 0 bridgehead atoms. The fourth-order valence-corrected chi connectivity index (χ4v) is 1.77. The Morgan fingerprint density at radius 1 is 1.25 bits per heavy atom. The molecule has 2 N–H and O–H groups in total. The zero-order valence-electron chi connectivity index (χ0n) is 7.76. The minimum Gasteiger partial charge on any atom is -0.324 e. The lowest BCUT2D eigenvalue weighted by Crippen LogP contribution is -2.20. The molecule has 1 aromatic rings. The van der Waals surface area contributed by atoms with Crippen LogP contribution >= 0.6 is 35.6 Å². The number of halogens is 6. The normalized spacial score (nSPS) is 13.1. The number of hydrogen-bond donors (Lipinski definition) is 1. The molecule has 0 aliphatic rings. The number of alkyl halides is 3. The molecular formula is C8H8Cl3F3N2. The predicted molar refractivity (Wildman–Crippen MR) is 59.1 cm³/mol. The zero-order valence-corrected chi connectivity index (χ0v) is 10.1. The Labute approximate surface area is 106 Å². The molecule has 8 heteroatoms. The number of aromatic nitrogens is 1. The fraction of sp³-hybridized carbons (Fsp3) is 0.375. The second-order valence-corrected chi connectivity index (χ2v) is 3.76. The van der Waals surface area contributed by atoms with Gasteiger partial charge in [0.2, 0.25) is 0 Å². The molecule has 1 aromatic heterocycles. The molecule has 0 radical (unpaired) electrons. The molecule has 0 unspecified atom stereocenters. The van der Waals surface area contributed by atoms with Gasteiger partial charge in [0.05, 0.1) is 16.5 Å². The first-order chi connectivity index (χ1) is 6.81. The topological polar surface area (TPSA) is 38.9 Å². The molecule has 16 heavy (non-hydrogen) atoms. The van der Waals surface area contributed by atoms with E-state index in [1.807, 2.05) is 0 Å². The molecule has 0 saturated carbocycles. The summed E-state index contributed by atoms with van der Waals surface area (Å²) in [5.74, 6) is 0. The van der Waals surface area contributed by atoms with E-state index in [0.29, 0.717) is 0 Å². The second-order valence-electron chi connectivity index (χ2n) is 2.94. The van der Waals surface area contributed by atoms with Crippen molar-refractivity contribution >= 4 is 35.6 Å². The maximum Gasteiger partial charge on any atom is 0.390 e. The van der Waals surface area contributed by atoms with Crippen LogP contribution < -0.4 is 5.73 Å². The summed E-state index contributed by atoms with van der Waals surface area (Å²) < 4.78 is 36.2. The highest BCUT2D eigenvalue weighted by molar-refractivity contribution is 6.35. The average Bonchev–Trinajstić information content (AvgIpc) is 1.99. The van der Waals surface area contributed by atoms with Gasteiger partial charge in [0.15, 0.2) is 0 Å². The van der Waals surface area contributed by atoms with Crippen molar-refractivity contribution in [1.29, 1.82) is 0 Å². The number of nitrogens with two attached hydrogens (primary N) is 1. The van der Waals surface area contributed by atoms with Crippen LogP contribution in [-0.2, 0) is 0 Å². The highest BCUT2D eigenvalue weighted by Crippen LogP contribution is 2.34. The number of rotatable bonds is 2. The Balaban J connectivity index is 0.00000225. The van der Waals surface area contributed by atoms with E-state index in [1.165, 1.54) is 12.4 Å². The van der Waals surface area contributed by atoms with Crippen molar-refractivity contribution in [1.82, 2.24) is 4.98 Å². The lowest BCUT2D eigenvalue weighted by molar-refractivity contribution is -0.138. The highest BCUT2D eigenvalue weighted by atomic mass is 35.5. The van der Waals surface area contributed by atoms with Crippen LogP contribution in [0, 0.1) is 0 Å². The first-order valence-corrected chi connectivity index (χ1v) is 4.68. The molecule has 0 spiro atoms. The van der Waals surface area contributed by atoms with Crippen molar-refractivity contribution in [3.05, 3.63) is 28.0 Å². The van der Waals surface area contributed by atoms with Gasteiger partial charge < -0.3 is 5.73 Å². The molecule has 1 atom stereocenters. The average molecular weight is 296 g/mol. The summed E-state index contributed by atoms with van der Waals surface area (Å²) in [7, 11) is 0. The summed E-state index contributed by atoms with van der Waals surface area (Å²) in [6.45, 7) is 0. The van der Waals surface area contributed by atoms with Gasteiger partial charge in [-0.1, -0.05) is 23.2 Å². The third-order valence-electron chi connectivity index (χ3n) is 1.71. The number of pyridine rings is 1. The van der Waals surface area contributed by atoms with Gasteiger partial charge >= 0.3 is 6.18 Å². The van der Waals surface area contributed by atoms with Gasteiger partial charge in [-0.3, -0.25) is 4.98 Å². The van der Waals surface area contributed by atoms with Gasteiger partial charge in [-0.05, 0) is 0 Å². The fourth-order valence-electron chi connectivity index (χ4n) is 1.13. The van der Waals surface area contributed by atoms with E-state index < -0.39 is 18.6 Å². The molecule has 0 aromatic carbocycles. The van der Waals surface area contributed by atoms with Gasteiger partial charge in [-0.15, -0.1) is 12.4 Å². The maximum absolute atomic E-state index is 12.1. The van der Waals surface area contributed by atoms with Crippen LogP contribution in [0.5, 0.6) is 0 Å². The van der Waals surface area contributed by atoms with Crippen molar-refractivity contribution < 1.29 is 13.2 Å². The van der Waals surface area contributed by atoms with Crippen molar-refractivity contribution in [2.45, 2.75) is 18.6 Å². The summed E-state index contributed by atoms with van der Waals surface area (Å²) in [6, 6.07) is -1.27. The minimum absolute atomic E-state index is 0. The molecule has 0 aliphatic carbocycles. The van der Waals surface area contributed by atoms with Crippen molar-refractivity contribution in [3.8, 4) is 0 Å². The molecule has 92 valence electrons. The summed E-state index contributed by atoms with van der Waals surface area (Å²) in [4.78, 5) is 3.62. The van der Waals surface area contributed by atoms with E-state index in [1.54, 1.807) is 0 Å². The van der Waals surface area contributed by atoms with E-state index >= 15 is 0 Å². The van der Waals surface area contributed by atoms with Gasteiger partial charge in [-0.25, -0.2) is 0 Å². The van der Waals surface area contributed by atoms with E-state index in [-0.39, 0.29) is 28.0 Å². The number of nitrogens with zero attached hydrogens (tertiary/aromatic N) is 1. The Kier molecular flexibility index (Phi) is 5.82. The Morgan fingerprint density at radius 3 is 2.06 bits per heavy atom. The SMILES string of the molecule is Cl.N[C@H](CC(F)(F)F)c1c(Cl)cncc1Cl. The molecule has 0 amide bonds. The smallest absolute Gasteiger partial charge is 0.324 e. The Bertz CT molecular complexity index is 337. The van der Waals surface area contributed by atoms with Gasteiger partial charge in [0.1, 0.15) is 0 Å². The first-order valence-electron chi connectivity index (χ1n) is 3.92. The van der Waals surface area contributed by atoms with Gasteiger partial charge in [0.25, 0.3) is 0 Å². The van der Waals surface area contributed by atoms with E-state index in [4.69, 9.17) is 28.9 Å². The Morgan fingerprint density at radius 2 is 1.69 bits per heavy atom. The standard InChI is InChI=1S/C8H7Cl2F3N2.ClH/c9-4-2-15-3-5(10)7(4)6(14)1-8(11,12)13;/h2-3,6H,1,14H2;1H/t6-;/m1./s1. The quantitative estimate of drug-likeness (QED) is 0.902. The van der Waals surface area contributed by atoms with Crippen LogP contribution in [0.1, 0.15) is 18.0 Å². The third-order valence-corrected chi connectivity index (χ3v) is 2.31. The van der Waals surface area contributed by atoms with Crippen LogP contribution in [0.2, 0.25) is 10.0 Å². The predicted octanol–water partition coefficient (Wildman–Crippen LogP) is 3.76. The van der Waals surface area contributed by atoms with Crippen LogP contribution in [-0.4, -0.2) is 11.2 Å². The van der Waals surface area contributed by atoms with Crippen LogP contribution in [0.4, 0.5) is 13.2 Å². The highest BCUT2D eigenvalue weighted by Gasteiger charge is 2.32. The summed E-state index contributed by atoms with van der Waals surface area (Å²) in [5, 5.41) is 0.0819. The van der Waals surface area contributed by atoms with Gasteiger partial charge in [0, 0.05) is 24.0 Å². The lowest BCUT2D eigenvalue weighted by atomic mass is 10.1.